The first kappa shape index (κ1) is 12.5. The van der Waals surface area contributed by atoms with Crippen molar-refractivity contribution in [3.8, 4) is 23.5 Å². The first-order valence-electron chi connectivity index (χ1n) is 7.00. The highest BCUT2D eigenvalue weighted by Crippen LogP contribution is 2.24. The zero-order chi connectivity index (χ0) is 14.8. The van der Waals surface area contributed by atoms with Gasteiger partial charge in [-0.3, -0.25) is 0 Å². The van der Waals surface area contributed by atoms with Gasteiger partial charge < -0.3 is 4.42 Å². The highest BCUT2D eigenvalue weighted by molar-refractivity contribution is 5.81. The maximum absolute atomic E-state index is 5.49. The molecule has 2 aromatic carbocycles. The Labute approximate surface area is 127 Å². The number of imidazole rings is 1. The molecule has 2 aromatic heterocycles. The van der Waals surface area contributed by atoms with Gasteiger partial charge in [-0.2, -0.15) is 0 Å². The van der Waals surface area contributed by atoms with Gasteiger partial charge in [-0.05, 0) is 42.3 Å². The Balaban J connectivity index is 1.92. The van der Waals surface area contributed by atoms with Crippen LogP contribution < -0.4 is 0 Å². The van der Waals surface area contributed by atoms with E-state index in [4.69, 9.17) is 4.42 Å². The molecule has 3 heteroatoms. The fourth-order valence-electron chi connectivity index (χ4n) is 2.35. The van der Waals surface area contributed by atoms with Gasteiger partial charge in [0.15, 0.2) is 11.6 Å². The Morgan fingerprint density at radius 2 is 1.68 bits per heavy atom. The first-order chi connectivity index (χ1) is 10.9. The minimum atomic E-state index is 0.707. The smallest absolute Gasteiger partial charge is 0.189 e. The van der Waals surface area contributed by atoms with E-state index in [-0.39, 0.29) is 0 Å². The summed E-state index contributed by atoms with van der Waals surface area (Å²) in [6.45, 7) is 0. The molecule has 0 aliphatic heterocycles. The van der Waals surface area contributed by atoms with Crippen LogP contribution in [0.2, 0.25) is 0 Å². The summed E-state index contributed by atoms with van der Waals surface area (Å²) in [5.74, 6) is 4.60. The second kappa shape index (κ2) is 5.27. The van der Waals surface area contributed by atoms with Crippen LogP contribution in [0.5, 0.6) is 0 Å². The van der Waals surface area contributed by atoms with Crippen LogP contribution in [0, 0.1) is 12.0 Å². The van der Waals surface area contributed by atoms with Crippen LogP contribution in [0.25, 0.3) is 22.6 Å². The van der Waals surface area contributed by atoms with Crippen LogP contribution in [0.1, 0.15) is 5.56 Å². The monoisotopic (exact) mass is 284 g/mol. The van der Waals surface area contributed by atoms with Crippen molar-refractivity contribution in [2.75, 3.05) is 0 Å². The lowest BCUT2D eigenvalue weighted by Gasteiger charge is -1.97. The van der Waals surface area contributed by atoms with Crippen molar-refractivity contribution in [3.63, 3.8) is 0 Å². The molecule has 0 aliphatic rings. The molecular weight excluding hydrogens is 272 g/mol. The molecule has 0 radical (unpaired) electrons. The fourth-order valence-corrected chi connectivity index (χ4v) is 2.35. The number of rotatable bonds is 1. The molecule has 22 heavy (non-hydrogen) atoms. The van der Waals surface area contributed by atoms with E-state index in [1.54, 1.807) is 6.26 Å². The molecule has 104 valence electrons. The average Bonchev–Trinajstić information content (AvgIpc) is 3.21. The second-order valence-corrected chi connectivity index (χ2v) is 4.84. The van der Waals surface area contributed by atoms with Crippen LogP contribution in [-0.2, 0) is 0 Å². The van der Waals surface area contributed by atoms with Crippen molar-refractivity contribution in [1.29, 1.82) is 0 Å². The Kier molecular flexibility index (Phi) is 2.99. The number of aromatic nitrogens is 2. The van der Waals surface area contributed by atoms with Crippen LogP contribution in [0.4, 0.5) is 0 Å². The third-order valence-electron chi connectivity index (χ3n) is 3.39. The largest absolute Gasteiger partial charge is 0.461 e. The van der Waals surface area contributed by atoms with Crippen molar-refractivity contribution in [2.45, 2.75) is 0 Å². The van der Waals surface area contributed by atoms with Crippen molar-refractivity contribution in [1.82, 2.24) is 9.55 Å². The Morgan fingerprint density at radius 1 is 0.864 bits per heavy atom. The lowest BCUT2D eigenvalue weighted by atomic mass is 10.2. The standard InChI is InChI=1S/C19H12N2O/c1-2-7-15(8-3-1)12-13-21-17-10-5-4-9-16(17)20-19(21)18-11-6-14-22-18/h1-11,14H. The van der Waals surface area contributed by atoms with Crippen LogP contribution >= 0.6 is 0 Å². The molecule has 4 rings (SSSR count). The lowest BCUT2D eigenvalue weighted by molar-refractivity contribution is 0.577. The van der Waals surface area contributed by atoms with E-state index < -0.39 is 0 Å². The summed E-state index contributed by atoms with van der Waals surface area (Å²) in [5, 5.41) is 0. The fraction of sp³-hybridized carbons (Fsp3) is 0. The van der Waals surface area contributed by atoms with Gasteiger partial charge >= 0.3 is 0 Å². The zero-order valence-corrected chi connectivity index (χ0v) is 11.7. The zero-order valence-electron chi connectivity index (χ0n) is 11.7. The normalized spacial score (nSPS) is 10.4. The highest BCUT2D eigenvalue weighted by atomic mass is 16.3. The molecule has 0 atom stereocenters. The van der Waals surface area contributed by atoms with Crippen LogP contribution in [-0.4, -0.2) is 9.55 Å². The van der Waals surface area contributed by atoms with E-state index in [0.29, 0.717) is 5.76 Å². The van der Waals surface area contributed by atoms with E-state index in [9.17, 15) is 0 Å². The van der Waals surface area contributed by atoms with Gasteiger partial charge in [-0.1, -0.05) is 30.3 Å². The molecule has 2 heterocycles. The van der Waals surface area contributed by atoms with Crippen LogP contribution in [0.15, 0.2) is 77.4 Å². The van der Waals surface area contributed by atoms with Crippen molar-refractivity contribution < 1.29 is 4.42 Å². The lowest BCUT2D eigenvalue weighted by Crippen LogP contribution is -1.92. The minimum Gasteiger partial charge on any atom is -0.461 e. The summed E-state index contributed by atoms with van der Waals surface area (Å²) >= 11 is 0. The molecule has 0 aliphatic carbocycles. The molecule has 0 saturated carbocycles. The maximum Gasteiger partial charge on any atom is 0.189 e. The molecule has 0 saturated heterocycles. The number of hydrogen-bond acceptors (Lipinski definition) is 2. The molecule has 0 fully saturated rings. The topological polar surface area (TPSA) is 31.0 Å². The Hall–Kier alpha value is -3.25. The van der Waals surface area contributed by atoms with E-state index in [0.717, 1.165) is 22.4 Å². The number of benzene rings is 2. The summed E-state index contributed by atoms with van der Waals surface area (Å²) in [5.41, 5.74) is 2.83. The van der Waals surface area contributed by atoms with Gasteiger partial charge in [-0.15, -0.1) is 0 Å². The van der Waals surface area contributed by atoms with Gasteiger partial charge in [0, 0.05) is 11.6 Å². The molecule has 0 spiro atoms. The Bertz CT molecular complexity index is 971. The second-order valence-electron chi connectivity index (χ2n) is 4.84. The average molecular weight is 284 g/mol. The van der Waals surface area contributed by atoms with E-state index in [1.165, 1.54) is 0 Å². The highest BCUT2D eigenvalue weighted by Gasteiger charge is 2.12. The molecule has 0 amide bonds. The summed E-state index contributed by atoms with van der Waals surface area (Å²) in [6, 6.07) is 24.8. The van der Waals surface area contributed by atoms with Crippen molar-refractivity contribution in [3.05, 3.63) is 78.6 Å². The maximum atomic E-state index is 5.49. The number of furan rings is 1. The van der Waals surface area contributed by atoms with Crippen molar-refractivity contribution >= 4 is 11.0 Å². The minimum absolute atomic E-state index is 0.707. The van der Waals surface area contributed by atoms with Gasteiger partial charge in [0.05, 0.1) is 17.3 Å². The molecule has 0 unspecified atom stereocenters. The quantitative estimate of drug-likeness (QED) is 0.492. The molecule has 0 N–H and O–H groups in total. The number of para-hydroxylation sites is 2. The van der Waals surface area contributed by atoms with Gasteiger partial charge in [0.25, 0.3) is 0 Å². The summed E-state index contributed by atoms with van der Waals surface area (Å²) in [6.07, 6.45) is 1.64. The predicted octanol–water partition coefficient (Wildman–Crippen LogP) is 4.15. The Morgan fingerprint density at radius 3 is 2.50 bits per heavy atom. The summed E-state index contributed by atoms with van der Waals surface area (Å²) < 4.78 is 7.37. The first-order valence-corrected chi connectivity index (χ1v) is 7.00. The number of hydrogen-bond donors (Lipinski definition) is 0. The van der Waals surface area contributed by atoms with E-state index >= 15 is 0 Å². The van der Waals surface area contributed by atoms with E-state index in [1.807, 2.05) is 71.3 Å². The van der Waals surface area contributed by atoms with Gasteiger partial charge in [0.2, 0.25) is 0 Å². The molecule has 4 aromatic rings. The SMILES string of the molecule is C(#Cn1c(-c2ccco2)nc2ccccc21)c1ccccc1. The predicted molar refractivity (Wildman–Crippen MR) is 86.2 cm³/mol. The third kappa shape index (κ3) is 2.17. The number of nitrogens with zero attached hydrogens (tertiary/aromatic N) is 2. The summed E-state index contributed by atoms with van der Waals surface area (Å²) in [4.78, 5) is 4.63. The van der Waals surface area contributed by atoms with Gasteiger partial charge in [-0.25, -0.2) is 9.55 Å². The van der Waals surface area contributed by atoms with Crippen LogP contribution in [0.3, 0.4) is 0 Å². The summed E-state index contributed by atoms with van der Waals surface area (Å²) in [7, 11) is 0. The molecule has 3 nitrogen and oxygen atoms in total. The van der Waals surface area contributed by atoms with E-state index in [2.05, 4.69) is 16.9 Å². The molecular formula is C19H12N2O. The van der Waals surface area contributed by atoms with Gasteiger partial charge in [0.1, 0.15) is 0 Å². The number of fused-ring (bicyclic) bond motifs is 1. The third-order valence-corrected chi connectivity index (χ3v) is 3.39. The van der Waals surface area contributed by atoms with Crippen molar-refractivity contribution in [2.24, 2.45) is 0 Å². The molecule has 0 bridgehead atoms.